The topological polar surface area (TPSA) is 203 Å². The first kappa shape index (κ1) is 20.8. The lowest BCUT2D eigenvalue weighted by molar-refractivity contribution is -0.136. The molecule has 4 atom stereocenters. The number of amides is 1. The van der Waals surface area contributed by atoms with Gasteiger partial charge in [-0.05, 0) is 12.1 Å². The number of aliphatic hydroxyl groups is 1. The van der Waals surface area contributed by atoms with Gasteiger partial charge in [-0.3, -0.25) is 9.59 Å². The number of nitrogens with two attached hydrogens (primary N) is 2. The van der Waals surface area contributed by atoms with E-state index in [0.717, 1.165) is 0 Å². The van der Waals surface area contributed by atoms with E-state index in [1.165, 1.54) is 12.3 Å². The SMILES string of the molecule is COC12C(CO)C3=C(C(=O)C=C(Nc4ccc(N)nc4)C3=O)N1CC1NC12.NC(=O)O. The number of hydrogen-bond acceptors (Lipinski definition) is 10. The number of hydrogen-bond donors (Lipinski definition) is 6. The van der Waals surface area contributed by atoms with Crippen molar-refractivity contribution in [3.63, 3.8) is 0 Å². The molecule has 1 aromatic rings. The van der Waals surface area contributed by atoms with Crippen molar-refractivity contribution in [2.75, 3.05) is 31.3 Å². The molecule has 1 amide bonds. The Labute approximate surface area is 176 Å². The van der Waals surface area contributed by atoms with Gasteiger partial charge in [0.25, 0.3) is 0 Å². The van der Waals surface area contributed by atoms with Crippen LogP contribution >= 0.6 is 0 Å². The minimum atomic E-state index is -1.33. The summed E-state index contributed by atoms with van der Waals surface area (Å²) in [5, 5.41) is 23.6. The maximum absolute atomic E-state index is 13.2. The third-order valence-electron chi connectivity index (χ3n) is 5.88. The van der Waals surface area contributed by atoms with E-state index >= 15 is 0 Å². The first-order chi connectivity index (χ1) is 14.7. The van der Waals surface area contributed by atoms with Gasteiger partial charge in [0.05, 0.1) is 41.8 Å². The average molecular weight is 430 g/mol. The number of primary amides is 1. The van der Waals surface area contributed by atoms with E-state index in [-0.39, 0.29) is 36.0 Å². The molecule has 31 heavy (non-hydrogen) atoms. The van der Waals surface area contributed by atoms with Gasteiger partial charge in [-0.1, -0.05) is 0 Å². The normalized spacial score (nSPS) is 30.1. The maximum atomic E-state index is 13.2. The van der Waals surface area contributed by atoms with Gasteiger partial charge < -0.3 is 42.0 Å². The van der Waals surface area contributed by atoms with Crippen LogP contribution in [0.2, 0.25) is 0 Å². The van der Waals surface area contributed by atoms with Crippen LogP contribution < -0.4 is 22.1 Å². The van der Waals surface area contributed by atoms with Gasteiger partial charge in [0.15, 0.2) is 5.72 Å². The molecule has 0 bridgehead atoms. The lowest BCUT2D eigenvalue weighted by atomic mass is 9.84. The number of aliphatic hydroxyl groups excluding tert-OH is 1. The summed E-state index contributed by atoms with van der Waals surface area (Å²) >= 11 is 0. The number of ether oxygens (including phenoxy) is 1. The summed E-state index contributed by atoms with van der Waals surface area (Å²) in [5.41, 5.74) is 10.1. The van der Waals surface area contributed by atoms with Crippen LogP contribution in [0.1, 0.15) is 0 Å². The van der Waals surface area contributed by atoms with Crippen LogP contribution in [0.3, 0.4) is 0 Å². The molecule has 3 aliphatic heterocycles. The van der Waals surface area contributed by atoms with Crippen LogP contribution in [-0.2, 0) is 14.3 Å². The molecule has 2 saturated heterocycles. The number of nitrogen functional groups attached to an aromatic ring is 1. The number of carboxylic acid groups (broad SMARTS) is 1. The summed E-state index contributed by atoms with van der Waals surface area (Å²) in [6.45, 7) is 0.287. The number of rotatable bonds is 4. The Hall–Kier alpha value is -3.48. The predicted octanol–water partition coefficient (Wildman–Crippen LogP) is -1.39. The number of nitrogens with one attached hydrogen (secondary N) is 2. The molecule has 12 nitrogen and oxygen atoms in total. The molecule has 0 saturated carbocycles. The maximum Gasteiger partial charge on any atom is 0.402 e. The first-order valence-electron chi connectivity index (χ1n) is 9.46. The summed E-state index contributed by atoms with van der Waals surface area (Å²) in [7, 11) is 1.55. The van der Waals surface area contributed by atoms with Crippen molar-refractivity contribution in [2.24, 2.45) is 11.7 Å². The van der Waals surface area contributed by atoms with Crippen molar-refractivity contribution in [2.45, 2.75) is 17.8 Å². The molecule has 4 heterocycles. The Morgan fingerprint density at radius 1 is 1.45 bits per heavy atom. The van der Waals surface area contributed by atoms with Crippen molar-refractivity contribution in [3.8, 4) is 0 Å². The summed E-state index contributed by atoms with van der Waals surface area (Å²) in [6.07, 6.45) is 1.46. The molecule has 4 aliphatic rings. The zero-order chi connectivity index (χ0) is 22.5. The van der Waals surface area contributed by atoms with E-state index in [1.54, 1.807) is 19.2 Å². The molecule has 8 N–H and O–H groups in total. The molecule has 0 spiro atoms. The van der Waals surface area contributed by atoms with Crippen molar-refractivity contribution in [3.05, 3.63) is 41.4 Å². The summed E-state index contributed by atoms with van der Waals surface area (Å²) in [5.74, 6) is -0.831. The van der Waals surface area contributed by atoms with E-state index in [4.69, 9.17) is 20.4 Å². The Morgan fingerprint density at radius 2 is 2.16 bits per heavy atom. The highest BCUT2D eigenvalue weighted by molar-refractivity contribution is 6.24. The molecule has 5 rings (SSSR count). The van der Waals surface area contributed by atoms with E-state index in [0.29, 0.717) is 29.3 Å². The number of piperazine rings is 1. The number of Topliss-reactive ketones (excluding diaryl/α,β-unsaturated/α-hetero) is 1. The summed E-state index contributed by atoms with van der Waals surface area (Å²) in [6, 6.07) is 3.48. The van der Waals surface area contributed by atoms with Gasteiger partial charge in [0.2, 0.25) is 11.6 Å². The van der Waals surface area contributed by atoms with Crippen LogP contribution in [0, 0.1) is 5.92 Å². The summed E-state index contributed by atoms with van der Waals surface area (Å²) in [4.78, 5) is 40.7. The third-order valence-corrected chi connectivity index (χ3v) is 5.88. The van der Waals surface area contributed by atoms with Crippen molar-refractivity contribution in [1.82, 2.24) is 15.2 Å². The van der Waals surface area contributed by atoms with Crippen LogP contribution in [0.5, 0.6) is 0 Å². The van der Waals surface area contributed by atoms with E-state index in [1.807, 2.05) is 4.90 Å². The molecular weight excluding hydrogens is 408 g/mol. The highest BCUT2D eigenvalue weighted by Crippen LogP contribution is 2.54. The molecule has 0 aromatic carbocycles. The quantitative estimate of drug-likeness (QED) is 0.242. The smallest absolute Gasteiger partial charge is 0.402 e. The van der Waals surface area contributed by atoms with Gasteiger partial charge in [-0.2, -0.15) is 0 Å². The monoisotopic (exact) mass is 430 g/mol. The van der Waals surface area contributed by atoms with Gasteiger partial charge in [-0.15, -0.1) is 0 Å². The van der Waals surface area contributed by atoms with Crippen LogP contribution in [0.4, 0.5) is 16.3 Å². The molecule has 4 unspecified atom stereocenters. The number of anilines is 2. The first-order valence-corrected chi connectivity index (χ1v) is 9.46. The van der Waals surface area contributed by atoms with E-state index < -0.39 is 17.7 Å². The van der Waals surface area contributed by atoms with Gasteiger partial charge in [0.1, 0.15) is 5.82 Å². The Morgan fingerprint density at radius 3 is 2.74 bits per heavy atom. The molecule has 2 fully saturated rings. The fourth-order valence-electron chi connectivity index (χ4n) is 4.71. The zero-order valence-electron chi connectivity index (χ0n) is 16.5. The molecule has 12 heteroatoms. The van der Waals surface area contributed by atoms with Crippen molar-refractivity contribution in [1.29, 1.82) is 0 Å². The molecule has 1 aromatic heterocycles. The minimum Gasteiger partial charge on any atom is -0.465 e. The highest BCUT2D eigenvalue weighted by Gasteiger charge is 2.72. The zero-order valence-corrected chi connectivity index (χ0v) is 16.5. The highest BCUT2D eigenvalue weighted by atomic mass is 16.5. The minimum absolute atomic E-state index is 0.0106. The van der Waals surface area contributed by atoms with Gasteiger partial charge >= 0.3 is 6.09 Å². The molecular formula is C19H22N6O6. The van der Waals surface area contributed by atoms with Gasteiger partial charge in [-0.25, -0.2) is 9.78 Å². The Balaban J connectivity index is 0.000000535. The average Bonchev–Trinajstić information content (AvgIpc) is 3.32. The number of fused-ring (bicyclic) bond motifs is 4. The van der Waals surface area contributed by atoms with Crippen LogP contribution in [-0.4, -0.2) is 75.8 Å². The number of carbonyl (C=O) groups excluding carboxylic acids is 2. The second-order valence-corrected chi connectivity index (χ2v) is 7.50. The lowest BCUT2D eigenvalue weighted by Crippen LogP contribution is -2.54. The number of aromatic nitrogens is 1. The fraction of sp³-hybridized carbons (Fsp3) is 0.368. The number of carbonyl (C=O) groups is 3. The van der Waals surface area contributed by atoms with E-state index in [2.05, 4.69) is 21.4 Å². The number of ketones is 2. The second kappa shape index (κ2) is 7.34. The molecule has 1 aliphatic carbocycles. The van der Waals surface area contributed by atoms with Gasteiger partial charge in [0, 0.05) is 31.3 Å². The molecule has 164 valence electrons. The predicted molar refractivity (Wildman–Crippen MR) is 107 cm³/mol. The van der Waals surface area contributed by atoms with Crippen LogP contribution in [0.15, 0.2) is 41.4 Å². The number of allylic oxidation sites excluding steroid dienone is 2. The Bertz CT molecular complexity index is 1020. The number of methoxy groups -OCH3 is 1. The Kier molecular flexibility index (Phi) is 4.92. The van der Waals surface area contributed by atoms with Crippen molar-refractivity contribution < 1.29 is 29.3 Å². The summed E-state index contributed by atoms with van der Waals surface area (Å²) < 4.78 is 5.83. The fourth-order valence-corrected chi connectivity index (χ4v) is 4.71. The lowest BCUT2D eigenvalue weighted by Gasteiger charge is -2.39. The van der Waals surface area contributed by atoms with Crippen molar-refractivity contribution >= 4 is 29.2 Å². The number of nitrogens with zero attached hydrogens (tertiary/aromatic N) is 2. The second-order valence-electron chi connectivity index (χ2n) is 7.50. The third kappa shape index (κ3) is 3.12. The number of pyridine rings is 1. The van der Waals surface area contributed by atoms with Crippen LogP contribution in [0.25, 0.3) is 0 Å². The largest absolute Gasteiger partial charge is 0.465 e. The standard InChI is InChI=1S/C18H19N5O4.CH3NO2/c1-27-18-9(7-24)14-15(23(18)6-11-17(18)22-11)12(25)4-10(16(14)26)21-8-2-3-13(19)20-5-8;2-1(3)4/h2-5,9,11,17,21-22,24H,6-7H2,1H3,(H2,19,20);2H2,(H,3,4). The molecule has 0 radical (unpaired) electrons. The van der Waals surface area contributed by atoms with E-state index in [9.17, 15) is 14.7 Å².